The van der Waals surface area contributed by atoms with Crippen molar-refractivity contribution in [3.63, 3.8) is 0 Å². The van der Waals surface area contributed by atoms with Crippen molar-refractivity contribution in [1.82, 2.24) is 10.3 Å². The van der Waals surface area contributed by atoms with Gasteiger partial charge >= 0.3 is 12.3 Å². The molecule has 1 aromatic rings. The third-order valence-electron chi connectivity index (χ3n) is 1.97. The van der Waals surface area contributed by atoms with Crippen LogP contribution in [0, 0.1) is 0 Å². The summed E-state index contributed by atoms with van der Waals surface area (Å²) in [6.07, 6.45) is -2.30. The maximum Gasteiger partial charge on any atom is 0.383 e. The molecule has 1 amide bonds. The molecule has 1 N–H and O–H groups in total. The van der Waals surface area contributed by atoms with Gasteiger partial charge in [0.05, 0.1) is 0 Å². The van der Waals surface area contributed by atoms with Crippen LogP contribution >= 0.6 is 0 Å². The Labute approximate surface area is 94.8 Å². The predicted molar refractivity (Wildman–Crippen MR) is 51.9 cm³/mol. The fraction of sp³-hybridized carbons (Fsp3) is 0.400. The number of aromatic nitrogens is 1. The second-order valence-electron chi connectivity index (χ2n) is 3.25. The van der Waals surface area contributed by atoms with Gasteiger partial charge in [-0.15, -0.1) is 0 Å². The van der Waals surface area contributed by atoms with Crippen molar-refractivity contribution in [3.05, 3.63) is 30.1 Å². The highest BCUT2D eigenvalue weighted by atomic mass is 19.3. The summed E-state index contributed by atoms with van der Waals surface area (Å²) in [5.74, 6) is -6.62. The fourth-order valence-electron chi connectivity index (χ4n) is 1.07. The van der Waals surface area contributed by atoms with E-state index in [2.05, 4.69) is 4.98 Å². The Balaban J connectivity index is 2.40. The molecular weight excluding hydrogens is 240 g/mol. The van der Waals surface area contributed by atoms with E-state index >= 15 is 0 Å². The molecule has 0 aromatic carbocycles. The number of nitrogens with zero attached hydrogens (tertiary/aromatic N) is 1. The minimum absolute atomic E-state index is 0.168. The number of halogens is 4. The van der Waals surface area contributed by atoms with Crippen molar-refractivity contribution in [3.8, 4) is 0 Å². The summed E-state index contributed by atoms with van der Waals surface area (Å²) in [6.45, 7) is -0.168. The molecule has 0 bridgehead atoms. The van der Waals surface area contributed by atoms with E-state index in [4.69, 9.17) is 0 Å². The maximum atomic E-state index is 12.5. The Kier molecular flexibility index (Phi) is 4.42. The molecule has 1 rings (SSSR count). The highest BCUT2D eigenvalue weighted by molar-refractivity contribution is 5.83. The van der Waals surface area contributed by atoms with Crippen molar-refractivity contribution in [2.24, 2.45) is 0 Å². The first-order valence-corrected chi connectivity index (χ1v) is 4.78. The molecule has 0 atom stereocenters. The van der Waals surface area contributed by atoms with Gasteiger partial charge in [-0.05, 0) is 12.1 Å². The molecule has 0 radical (unpaired) electrons. The summed E-state index contributed by atoms with van der Waals surface area (Å²) in [5, 5.41) is 1.74. The van der Waals surface area contributed by atoms with Crippen molar-refractivity contribution < 1.29 is 22.4 Å². The number of hydrogen-bond acceptors (Lipinski definition) is 2. The molecule has 0 unspecified atom stereocenters. The van der Waals surface area contributed by atoms with Crippen LogP contribution in [0.1, 0.15) is 5.69 Å². The lowest BCUT2D eigenvalue weighted by Crippen LogP contribution is -2.45. The summed E-state index contributed by atoms with van der Waals surface area (Å²) in [6, 6.07) is 5.00. The Morgan fingerprint density at radius 3 is 2.65 bits per heavy atom. The number of rotatable bonds is 5. The van der Waals surface area contributed by atoms with Gasteiger partial charge in [0.25, 0.3) is 5.91 Å². The van der Waals surface area contributed by atoms with Crippen LogP contribution in [0.15, 0.2) is 24.4 Å². The van der Waals surface area contributed by atoms with E-state index in [1.165, 1.54) is 6.20 Å². The van der Waals surface area contributed by atoms with Crippen molar-refractivity contribution >= 4 is 5.91 Å². The topological polar surface area (TPSA) is 42.0 Å². The minimum atomic E-state index is -4.65. The third kappa shape index (κ3) is 3.69. The van der Waals surface area contributed by atoms with E-state index in [1.807, 2.05) is 0 Å². The summed E-state index contributed by atoms with van der Waals surface area (Å²) < 4.78 is 48.6. The lowest BCUT2D eigenvalue weighted by Gasteiger charge is -2.14. The van der Waals surface area contributed by atoms with Crippen molar-refractivity contribution in [2.45, 2.75) is 18.8 Å². The predicted octanol–water partition coefficient (Wildman–Crippen LogP) is 1.64. The molecule has 0 fully saturated rings. The van der Waals surface area contributed by atoms with Gasteiger partial charge in [-0.1, -0.05) is 6.07 Å². The zero-order valence-electron chi connectivity index (χ0n) is 8.67. The van der Waals surface area contributed by atoms with Gasteiger partial charge in [0.15, 0.2) is 0 Å². The highest BCUT2D eigenvalue weighted by Gasteiger charge is 2.48. The SMILES string of the molecule is O=C(NCCc1ccccn1)C(F)(F)C(F)F. The molecule has 3 nitrogen and oxygen atoms in total. The number of nitrogens with one attached hydrogen (secondary N) is 1. The third-order valence-corrected chi connectivity index (χ3v) is 1.97. The lowest BCUT2D eigenvalue weighted by atomic mass is 10.2. The smallest absolute Gasteiger partial charge is 0.350 e. The maximum absolute atomic E-state index is 12.5. The number of amides is 1. The summed E-state index contributed by atoms with van der Waals surface area (Å²) in [7, 11) is 0. The van der Waals surface area contributed by atoms with Crippen LogP contribution in [-0.2, 0) is 11.2 Å². The first kappa shape index (κ1) is 13.4. The zero-order chi connectivity index (χ0) is 12.9. The molecule has 0 saturated carbocycles. The van der Waals surface area contributed by atoms with Crippen LogP contribution in [0.25, 0.3) is 0 Å². The average Bonchev–Trinajstić information content (AvgIpc) is 2.30. The second kappa shape index (κ2) is 5.60. The van der Waals surface area contributed by atoms with E-state index < -0.39 is 18.3 Å². The highest BCUT2D eigenvalue weighted by Crippen LogP contribution is 2.22. The number of alkyl halides is 4. The Hall–Kier alpha value is -1.66. The first-order chi connectivity index (χ1) is 7.94. The largest absolute Gasteiger partial charge is 0.383 e. The standard InChI is InChI=1S/C10H10F4N2O/c11-8(12)10(13,14)9(17)16-6-4-7-3-1-2-5-15-7/h1-3,5,8H,4,6H2,(H,16,17). The molecule has 0 spiro atoms. The first-order valence-electron chi connectivity index (χ1n) is 4.78. The van der Waals surface area contributed by atoms with Gasteiger partial charge in [0.2, 0.25) is 0 Å². The van der Waals surface area contributed by atoms with E-state index in [0.29, 0.717) is 5.69 Å². The monoisotopic (exact) mass is 250 g/mol. The molecule has 17 heavy (non-hydrogen) atoms. The quantitative estimate of drug-likeness (QED) is 0.807. The molecule has 0 saturated heterocycles. The minimum Gasteiger partial charge on any atom is -0.350 e. The van der Waals surface area contributed by atoms with Crippen LogP contribution in [0.3, 0.4) is 0 Å². The molecule has 0 aliphatic heterocycles. The second-order valence-corrected chi connectivity index (χ2v) is 3.25. The molecule has 0 aliphatic carbocycles. The van der Waals surface area contributed by atoms with Crippen LogP contribution in [0.4, 0.5) is 17.6 Å². The molecule has 7 heteroatoms. The number of pyridine rings is 1. The van der Waals surface area contributed by atoms with Crippen molar-refractivity contribution in [1.29, 1.82) is 0 Å². The Morgan fingerprint density at radius 2 is 2.12 bits per heavy atom. The van der Waals surface area contributed by atoms with Crippen LogP contribution in [-0.4, -0.2) is 29.8 Å². The van der Waals surface area contributed by atoms with Gasteiger partial charge < -0.3 is 5.32 Å². The zero-order valence-corrected chi connectivity index (χ0v) is 8.67. The van der Waals surface area contributed by atoms with E-state index in [1.54, 1.807) is 23.5 Å². The van der Waals surface area contributed by atoms with Crippen LogP contribution < -0.4 is 5.32 Å². The summed E-state index contributed by atoms with van der Waals surface area (Å²) >= 11 is 0. The summed E-state index contributed by atoms with van der Waals surface area (Å²) in [5.41, 5.74) is 0.577. The van der Waals surface area contributed by atoms with E-state index in [0.717, 1.165) is 0 Å². The molecule has 94 valence electrons. The van der Waals surface area contributed by atoms with Crippen LogP contribution in [0.5, 0.6) is 0 Å². The summed E-state index contributed by atoms with van der Waals surface area (Å²) in [4.78, 5) is 14.6. The van der Waals surface area contributed by atoms with Gasteiger partial charge in [-0.2, -0.15) is 8.78 Å². The number of carbonyl (C=O) groups is 1. The molecule has 0 aliphatic rings. The molecule has 1 aromatic heterocycles. The number of hydrogen-bond donors (Lipinski definition) is 1. The average molecular weight is 250 g/mol. The normalized spacial score (nSPS) is 11.6. The lowest BCUT2D eigenvalue weighted by molar-refractivity contribution is -0.169. The van der Waals surface area contributed by atoms with E-state index in [-0.39, 0.29) is 13.0 Å². The van der Waals surface area contributed by atoms with Gasteiger partial charge in [0, 0.05) is 24.9 Å². The number of carbonyl (C=O) groups excluding carboxylic acids is 1. The van der Waals surface area contributed by atoms with Gasteiger partial charge in [0.1, 0.15) is 0 Å². The molecule has 1 heterocycles. The Bertz CT molecular complexity index is 370. The fourth-order valence-corrected chi connectivity index (χ4v) is 1.07. The molecular formula is C10H10F4N2O. The van der Waals surface area contributed by atoms with Crippen LogP contribution in [0.2, 0.25) is 0 Å². The van der Waals surface area contributed by atoms with Gasteiger partial charge in [-0.25, -0.2) is 8.78 Å². The van der Waals surface area contributed by atoms with Gasteiger partial charge in [-0.3, -0.25) is 9.78 Å². The Morgan fingerprint density at radius 1 is 1.41 bits per heavy atom. The van der Waals surface area contributed by atoms with Crippen molar-refractivity contribution in [2.75, 3.05) is 6.54 Å². The van der Waals surface area contributed by atoms with E-state index in [9.17, 15) is 22.4 Å².